The van der Waals surface area contributed by atoms with E-state index < -0.39 is 0 Å². The number of ether oxygens (including phenoxy) is 1. The summed E-state index contributed by atoms with van der Waals surface area (Å²) in [5, 5.41) is 9.85. The minimum atomic E-state index is -0.0370. The van der Waals surface area contributed by atoms with Crippen molar-refractivity contribution in [3.05, 3.63) is 29.8 Å². The average molecular weight is 373 g/mol. The van der Waals surface area contributed by atoms with Gasteiger partial charge in [0.2, 0.25) is 0 Å². The molecule has 1 heterocycles. The van der Waals surface area contributed by atoms with E-state index in [9.17, 15) is 5.11 Å². The van der Waals surface area contributed by atoms with E-state index in [0.717, 1.165) is 50.1 Å². The third-order valence-electron chi connectivity index (χ3n) is 7.04. The SMILES string of the molecule is CN(Cc1cccc(OCCN2CCCCC2)c1)C1C[C@H]2CC(O)C[C@H]2C1. The molecule has 4 atom stereocenters. The normalized spacial score (nSPS) is 31.4. The zero-order valence-electron chi connectivity index (χ0n) is 16.9. The van der Waals surface area contributed by atoms with Crippen molar-refractivity contribution in [1.82, 2.24) is 9.80 Å². The van der Waals surface area contributed by atoms with E-state index in [2.05, 4.69) is 41.1 Å². The van der Waals surface area contributed by atoms with Crippen LogP contribution in [-0.4, -0.2) is 60.3 Å². The summed E-state index contributed by atoms with van der Waals surface area (Å²) in [5.41, 5.74) is 1.34. The summed E-state index contributed by atoms with van der Waals surface area (Å²) in [5.74, 6) is 2.50. The maximum Gasteiger partial charge on any atom is 0.119 e. The van der Waals surface area contributed by atoms with E-state index in [4.69, 9.17) is 4.74 Å². The zero-order chi connectivity index (χ0) is 18.6. The van der Waals surface area contributed by atoms with Gasteiger partial charge in [0.1, 0.15) is 12.4 Å². The standard InChI is InChI=1S/C23H36N2O2/c1-24(21-13-19-15-22(26)16-20(19)14-21)17-18-6-5-7-23(12-18)27-11-10-25-8-3-2-4-9-25/h5-7,12,19-22,26H,2-4,8-11,13-17H2,1H3/t19-,20+,21?,22?. The van der Waals surface area contributed by atoms with Gasteiger partial charge in [0, 0.05) is 19.1 Å². The van der Waals surface area contributed by atoms with Crippen molar-refractivity contribution in [2.24, 2.45) is 11.8 Å². The van der Waals surface area contributed by atoms with Crippen LogP contribution in [-0.2, 0) is 6.54 Å². The van der Waals surface area contributed by atoms with Crippen molar-refractivity contribution in [2.75, 3.05) is 33.3 Å². The van der Waals surface area contributed by atoms with E-state index in [-0.39, 0.29) is 6.10 Å². The topological polar surface area (TPSA) is 35.9 Å². The van der Waals surface area contributed by atoms with Gasteiger partial charge in [0.25, 0.3) is 0 Å². The van der Waals surface area contributed by atoms with Crippen LogP contribution in [0.4, 0.5) is 0 Å². The van der Waals surface area contributed by atoms with E-state index in [1.165, 1.54) is 50.8 Å². The highest BCUT2D eigenvalue weighted by Gasteiger charge is 2.42. The molecule has 3 aliphatic rings. The molecule has 0 spiro atoms. The fourth-order valence-electron chi connectivity index (χ4n) is 5.54. The van der Waals surface area contributed by atoms with Crippen LogP contribution >= 0.6 is 0 Å². The predicted molar refractivity (Wildman–Crippen MR) is 109 cm³/mol. The summed E-state index contributed by atoms with van der Waals surface area (Å²) in [6, 6.07) is 9.30. The first-order valence-electron chi connectivity index (χ1n) is 11.0. The lowest BCUT2D eigenvalue weighted by Gasteiger charge is -2.26. The van der Waals surface area contributed by atoms with Crippen molar-refractivity contribution in [2.45, 2.75) is 63.6 Å². The molecule has 4 heteroatoms. The number of benzene rings is 1. The second-order valence-electron chi connectivity index (χ2n) is 9.08. The number of rotatable bonds is 7. The largest absolute Gasteiger partial charge is 0.492 e. The molecule has 1 saturated heterocycles. The number of piperidine rings is 1. The van der Waals surface area contributed by atoms with Crippen LogP contribution in [0.15, 0.2) is 24.3 Å². The van der Waals surface area contributed by atoms with Gasteiger partial charge in [-0.25, -0.2) is 0 Å². The molecule has 1 aromatic rings. The molecule has 1 aliphatic heterocycles. The van der Waals surface area contributed by atoms with Crippen molar-refractivity contribution >= 4 is 0 Å². The first kappa shape index (κ1) is 19.2. The Kier molecular flexibility index (Phi) is 6.36. The van der Waals surface area contributed by atoms with Crippen molar-refractivity contribution in [3.8, 4) is 5.75 Å². The zero-order valence-corrected chi connectivity index (χ0v) is 16.9. The van der Waals surface area contributed by atoms with E-state index in [1.807, 2.05) is 0 Å². The molecule has 0 bridgehead atoms. The van der Waals surface area contributed by atoms with Crippen LogP contribution in [0.3, 0.4) is 0 Å². The van der Waals surface area contributed by atoms with Crippen LogP contribution in [0.25, 0.3) is 0 Å². The van der Waals surface area contributed by atoms with Gasteiger partial charge in [-0.15, -0.1) is 0 Å². The number of aliphatic hydroxyl groups is 1. The third kappa shape index (κ3) is 5.04. The second kappa shape index (κ2) is 8.93. The fourth-order valence-corrected chi connectivity index (χ4v) is 5.54. The summed E-state index contributed by atoms with van der Waals surface area (Å²) in [7, 11) is 2.26. The van der Waals surface area contributed by atoms with Crippen molar-refractivity contribution in [1.29, 1.82) is 0 Å². The molecule has 0 aromatic heterocycles. The summed E-state index contributed by atoms with van der Waals surface area (Å²) in [6.07, 6.45) is 8.58. The van der Waals surface area contributed by atoms with Gasteiger partial charge in [-0.2, -0.15) is 0 Å². The van der Waals surface area contributed by atoms with Gasteiger partial charge in [-0.05, 0) is 88.2 Å². The van der Waals surface area contributed by atoms with Crippen LogP contribution in [0.1, 0.15) is 50.5 Å². The molecule has 4 nitrogen and oxygen atoms in total. The van der Waals surface area contributed by atoms with Gasteiger partial charge >= 0.3 is 0 Å². The number of hydrogen-bond acceptors (Lipinski definition) is 4. The number of nitrogens with zero attached hydrogens (tertiary/aromatic N) is 2. The van der Waals surface area contributed by atoms with Gasteiger partial charge in [-0.1, -0.05) is 18.6 Å². The van der Waals surface area contributed by atoms with Gasteiger partial charge in [-0.3, -0.25) is 9.80 Å². The highest BCUT2D eigenvalue weighted by molar-refractivity contribution is 5.28. The maximum absolute atomic E-state index is 9.85. The second-order valence-corrected chi connectivity index (χ2v) is 9.08. The molecule has 150 valence electrons. The molecule has 4 rings (SSSR count). The molecule has 2 aliphatic carbocycles. The molecule has 2 unspecified atom stereocenters. The highest BCUT2D eigenvalue weighted by atomic mass is 16.5. The molecule has 0 radical (unpaired) electrons. The smallest absolute Gasteiger partial charge is 0.119 e. The number of aliphatic hydroxyl groups excluding tert-OH is 1. The first-order valence-corrected chi connectivity index (χ1v) is 11.0. The molecule has 27 heavy (non-hydrogen) atoms. The van der Waals surface area contributed by atoms with Crippen molar-refractivity contribution < 1.29 is 9.84 Å². The summed E-state index contributed by atoms with van der Waals surface area (Å²) in [4.78, 5) is 5.03. The molecular formula is C23H36N2O2. The third-order valence-corrected chi connectivity index (χ3v) is 7.04. The van der Waals surface area contributed by atoms with Crippen LogP contribution in [0.2, 0.25) is 0 Å². The van der Waals surface area contributed by atoms with E-state index >= 15 is 0 Å². The number of likely N-dealkylation sites (tertiary alicyclic amines) is 1. The number of fused-ring (bicyclic) bond motifs is 1. The van der Waals surface area contributed by atoms with Gasteiger partial charge in [0.15, 0.2) is 0 Å². The Bertz CT molecular complexity index is 588. The Morgan fingerprint density at radius 1 is 1.07 bits per heavy atom. The molecule has 0 amide bonds. The molecule has 2 saturated carbocycles. The average Bonchev–Trinajstić information content (AvgIpc) is 3.20. The monoisotopic (exact) mass is 372 g/mol. The van der Waals surface area contributed by atoms with Gasteiger partial charge in [0.05, 0.1) is 6.10 Å². The minimum Gasteiger partial charge on any atom is -0.492 e. The van der Waals surface area contributed by atoms with Crippen LogP contribution in [0.5, 0.6) is 5.75 Å². The summed E-state index contributed by atoms with van der Waals surface area (Å²) >= 11 is 0. The Hall–Kier alpha value is -1.10. The summed E-state index contributed by atoms with van der Waals surface area (Å²) in [6.45, 7) is 5.27. The lowest BCUT2D eigenvalue weighted by atomic mass is 10.0. The maximum atomic E-state index is 9.85. The Morgan fingerprint density at radius 2 is 1.81 bits per heavy atom. The fraction of sp³-hybridized carbons (Fsp3) is 0.739. The molecule has 3 fully saturated rings. The highest BCUT2D eigenvalue weighted by Crippen LogP contribution is 2.45. The minimum absolute atomic E-state index is 0.0370. The lowest BCUT2D eigenvalue weighted by molar-refractivity contribution is 0.158. The van der Waals surface area contributed by atoms with E-state index in [1.54, 1.807) is 0 Å². The summed E-state index contributed by atoms with van der Waals surface area (Å²) < 4.78 is 6.04. The Morgan fingerprint density at radius 3 is 2.56 bits per heavy atom. The number of hydrogen-bond donors (Lipinski definition) is 1. The van der Waals surface area contributed by atoms with Crippen molar-refractivity contribution in [3.63, 3.8) is 0 Å². The quantitative estimate of drug-likeness (QED) is 0.794. The molecular weight excluding hydrogens is 336 g/mol. The van der Waals surface area contributed by atoms with Crippen LogP contribution < -0.4 is 4.74 Å². The van der Waals surface area contributed by atoms with Gasteiger partial charge < -0.3 is 9.84 Å². The molecule has 1 N–H and O–H groups in total. The lowest BCUT2D eigenvalue weighted by Crippen LogP contribution is -2.33. The Labute approximate surface area is 164 Å². The Balaban J connectivity index is 1.24. The predicted octanol–water partition coefficient (Wildman–Crippen LogP) is 3.53. The van der Waals surface area contributed by atoms with Crippen LogP contribution in [0, 0.1) is 11.8 Å². The van der Waals surface area contributed by atoms with E-state index in [0.29, 0.717) is 6.04 Å². The molecule has 1 aromatic carbocycles. The first-order chi connectivity index (χ1) is 13.2.